The molecule has 0 aliphatic carbocycles. The summed E-state index contributed by atoms with van der Waals surface area (Å²) in [6, 6.07) is 19.3. The zero-order valence-corrected chi connectivity index (χ0v) is 20.9. The van der Waals surface area contributed by atoms with Crippen LogP contribution in [0.5, 0.6) is 5.75 Å². The summed E-state index contributed by atoms with van der Waals surface area (Å²) >= 11 is 3.42. The van der Waals surface area contributed by atoms with Gasteiger partial charge in [0, 0.05) is 21.2 Å². The van der Waals surface area contributed by atoms with Crippen LogP contribution >= 0.6 is 15.9 Å². The summed E-state index contributed by atoms with van der Waals surface area (Å²) < 4.78 is 7.26. The Labute approximate surface area is 210 Å². The molecule has 0 radical (unpaired) electrons. The summed E-state index contributed by atoms with van der Waals surface area (Å²) in [4.78, 5) is 38.6. The van der Waals surface area contributed by atoms with Gasteiger partial charge >= 0.3 is 11.8 Å². The van der Waals surface area contributed by atoms with E-state index in [1.54, 1.807) is 61.7 Å². The number of anilines is 2. The number of rotatable bonds is 5. The lowest BCUT2D eigenvalue weighted by molar-refractivity contribution is -0.133. The molecule has 0 saturated heterocycles. The number of ether oxygens (including phenoxy) is 1. The Morgan fingerprint density at radius 2 is 1.63 bits per heavy atom. The third-order valence-electron chi connectivity index (χ3n) is 5.62. The molecule has 178 valence electrons. The first-order chi connectivity index (χ1) is 16.8. The summed E-state index contributed by atoms with van der Waals surface area (Å²) in [7, 11) is 1.56. The summed E-state index contributed by atoms with van der Waals surface area (Å²) in [5, 5.41) is 6.14. The molecule has 8 nitrogen and oxygen atoms in total. The van der Waals surface area contributed by atoms with Gasteiger partial charge in [0.15, 0.2) is 0 Å². The molecular formula is C26H23BrN4O4. The van der Waals surface area contributed by atoms with Gasteiger partial charge in [0.2, 0.25) is 0 Å². The van der Waals surface area contributed by atoms with Crippen LogP contribution in [-0.2, 0) is 9.59 Å². The quantitative estimate of drug-likeness (QED) is 0.314. The maximum atomic E-state index is 13.1. The highest BCUT2D eigenvalue weighted by Gasteiger charge is 2.21. The number of halogens is 1. The molecular weight excluding hydrogens is 512 g/mol. The predicted octanol–water partition coefficient (Wildman–Crippen LogP) is 4.99. The number of nitrogens with one attached hydrogen (secondary N) is 3. The minimum atomic E-state index is -0.912. The molecule has 1 aromatic heterocycles. The molecule has 4 aromatic rings. The van der Waals surface area contributed by atoms with Crippen LogP contribution in [0.2, 0.25) is 0 Å². The van der Waals surface area contributed by atoms with Crippen molar-refractivity contribution >= 4 is 55.9 Å². The van der Waals surface area contributed by atoms with Gasteiger partial charge in [-0.3, -0.25) is 19.8 Å². The van der Waals surface area contributed by atoms with E-state index in [-0.39, 0.29) is 5.69 Å². The fourth-order valence-corrected chi connectivity index (χ4v) is 3.94. The van der Waals surface area contributed by atoms with Gasteiger partial charge < -0.3 is 15.4 Å². The smallest absolute Gasteiger partial charge is 0.328 e. The van der Waals surface area contributed by atoms with Crippen molar-refractivity contribution in [3.8, 4) is 5.75 Å². The highest BCUT2D eigenvalue weighted by molar-refractivity contribution is 9.10. The molecule has 3 N–H and O–H groups in total. The van der Waals surface area contributed by atoms with Crippen molar-refractivity contribution < 1.29 is 19.1 Å². The molecule has 0 bridgehead atoms. The number of benzene rings is 3. The molecule has 0 aliphatic heterocycles. The van der Waals surface area contributed by atoms with Gasteiger partial charge in [-0.2, -0.15) is 0 Å². The molecule has 1 heterocycles. The molecule has 9 heteroatoms. The Morgan fingerprint density at radius 1 is 0.886 bits per heavy atom. The van der Waals surface area contributed by atoms with E-state index in [9.17, 15) is 14.4 Å². The Hall–Kier alpha value is -4.11. The number of amides is 3. The number of aryl methyl sites for hydroxylation is 1. The lowest BCUT2D eigenvalue weighted by atomic mass is 10.1. The van der Waals surface area contributed by atoms with E-state index >= 15 is 0 Å². The fourth-order valence-electron chi connectivity index (χ4n) is 3.56. The number of hydrogen-bond acceptors (Lipinski definition) is 4. The van der Waals surface area contributed by atoms with Gasteiger partial charge in [-0.1, -0.05) is 28.1 Å². The van der Waals surface area contributed by atoms with E-state index in [1.165, 1.54) is 4.68 Å². The van der Waals surface area contributed by atoms with Crippen LogP contribution in [0.1, 0.15) is 21.6 Å². The second-order valence-electron chi connectivity index (χ2n) is 7.89. The first kappa shape index (κ1) is 24.0. The van der Waals surface area contributed by atoms with Crippen molar-refractivity contribution in [2.75, 3.05) is 23.2 Å². The molecule has 0 aliphatic rings. The van der Waals surface area contributed by atoms with Gasteiger partial charge in [0.25, 0.3) is 5.91 Å². The summed E-state index contributed by atoms with van der Waals surface area (Å²) in [5.41, 5.74) is 6.22. The van der Waals surface area contributed by atoms with Crippen molar-refractivity contribution in [3.05, 3.63) is 88.0 Å². The number of nitrogens with zero attached hydrogens (tertiary/aromatic N) is 1. The van der Waals surface area contributed by atoms with Gasteiger partial charge in [-0.25, -0.2) is 4.68 Å². The monoisotopic (exact) mass is 534 g/mol. The molecule has 3 amide bonds. The first-order valence-corrected chi connectivity index (χ1v) is 11.5. The van der Waals surface area contributed by atoms with Crippen LogP contribution in [0, 0.1) is 13.8 Å². The van der Waals surface area contributed by atoms with E-state index in [4.69, 9.17) is 4.74 Å². The Bertz CT molecular complexity index is 1440. The summed E-state index contributed by atoms with van der Waals surface area (Å²) in [5.74, 6) is -1.56. The fraction of sp³-hybridized carbons (Fsp3) is 0.115. The minimum absolute atomic E-state index is 0.154. The topological polar surface area (TPSA) is 101 Å². The number of methoxy groups -OCH3 is 1. The van der Waals surface area contributed by atoms with Crippen molar-refractivity contribution in [2.24, 2.45) is 0 Å². The summed E-state index contributed by atoms with van der Waals surface area (Å²) in [6.45, 7) is 3.78. The number of hydrogen-bond donors (Lipinski definition) is 3. The van der Waals surface area contributed by atoms with E-state index in [1.807, 2.05) is 26.0 Å². The lowest BCUT2D eigenvalue weighted by Crippen LogP contribution is -2.36. The van der Waals surface area contributed by atoms with E-state index in [0.29, 0.717) is 28.0 Å². The molecule has 0 saturated carbocycles. The average molecular weight is 535 g/mol. The summed E-state index contributed by atoms with van der Waals surface area (Å²) in [6.07, 6.45) is 0. The van der Waals surface area contributed by atoms with Crippen molar-refractivity contribution in [3.63, 3.8) is 0 Å². The second-order valence-corrected chi connectivity index (χ2v) is 8.81. The Kier molecular flexibility index (Phi) is 6.88. The van der Waals surface area contributed by atoms with Crippen LogP contribution in [0.25, 0.3) is 10.9 Å². The molecule has 4 rings (SSSR count). The molecule has 0 unspecified atom stereocenters. The van der Waals surface area contributed by atoms with Gasteiger partial charge in [0.1, 0.15) is 11.4 Å². The van der Waals surface area contributed by atoms with Crippen LogP contribution < -0.4 is 20.8 Å². The van der Waals surface area contributed by atoms with Gasteiger partial charge in [0.05, 0.1) is 12.6 Å². The SMILES string of the molecule is COc1ccc(NC(=O)c2cc3cc(Br)ccc3n2NC(=O)C(=O)Nc2cccc(C)c2C)cc1. The van der Waals surface area contributed by atoms with Crippen molar-refractivity contribution in [1.82, 2.24) is 4.68 Å². The molecule has 3 aromatic carbocycles. The average Bonchev–Trinajstić information content (AvgIpc) is 3.19. The largest absolute Gasteiger partial charge is 0.497 e. The van der Waals surface area contributed by atoms with Crippen LogP contribution in [0.15, 0.2) is 71.2 Å². The van der Waals surface area contributed by atoms with Crippen molar-refractivity contribution in [1.29, 1.82) is 0 Å². The van der Waals surface area contributed by atoms with Crippen LogP contribution in [-0.4, -0.2) is 29.5 Å². The van der Waals surface area contributed by atoms with E-state index in [2.05, 4.69) is 32.0 Å². The van der Waals surface area contributed by atoms with E-state index < -0.39 is 17.7 Å². The van der Waals surface area contributed by atoms with Gasteiger partial charge in [-0.05, 0) is 79.6 Å². The van der Waals surface area contributed by atoms with E-state index in [0.717, 1.165) is 15.6 Å². The Balaban J connectivity index is 1.62. The third kappa shape index (κ3) is 5.20. The van der Waals surface area contributed by atoms with Gasteiger partial charge in [-0.15, -0.1) is 0 Å². The standard InChI is InChI=1S/C26H23BrN4O4/c1-15-5-4-6-21(16(15)2)29-25(33)26(34)30-31-22-12-7-18(27)13-17(22)14-23(31)24(32)28-19-8-10-20(35-3)11-9-19/h4-14H,1-3H3,(H,28,32)(H,29,33)(H,30,34). The third-order valence-corrected chi connectivity index (χ3v) is 6.11. The van der Waals surface area contributed by atoms with Crippen molar-refractivity contribution in [2.45, 2.75) is 13.8 Å². The normalized spacial score (nSPS) is 10.6. The van der Waals surface area contributed by atoms with Crippen LogP contribution in [0.3, 0.4) is 0 Å². The number of carbonyl (C=O) groups excluding carboxylic acids is 3. The second kappa shape index (κ2) is 10.0. The highest BCUT2D eigenvalue weighted by Crippen LogP contribution is 2.24. The maximum absolute atomic E-state index is 13.1. The minimum Gasteiger partial charge on any atom is -0.497 e. The number of carbonyl (C=O) groups is 3. The molecule has 35 heavy (non-hydrogen) atoms. The zero-order chi connectivity index (χ0) is 25.1. The number of fused-ring (bicyclic) bond motifs is 1. The maximum Gasteiger partial charge on any atom is 0.328 e. The first-order valence-electron chi connectivity index (χ1n) is 10.7. The number of aromatic nitrogens is 1. The Morgan fingerprint density at radius 3 is 2.34 bits per heavy atom. The zero-order valence-electron chi connectivity index (χ0n) is 19.3. The van der Waals surface area contributed by atoms with Crippen LogP contribution in [0.4, 0.5) is 11.4 Å². The molecule has 0 spiro atoms. The molecule has 0 fully saturated rings. The molecule has 0 atom stereocenters. The lowest BCUT2D eigenvalue weighted by Gasteiger charge is -2.14. The highest BCUT2D eigenvalue weighted by atomic mass is 79.9. The predicted molar refractivity (Wildman–Crippen MR) is 139 cm³/mol.